The van der Waals surface area contributed by atoms with Gasteiger partial charge in [0.05, 0.1) is 16.2 Å². The standard InChI is InChI=1S/C12H10BrF2N3/c13-8-1-2-9(14)7(12(8)15)5-10(16)11-6-17-3-4-18-11/h1-4,6,10H,5,16H2. The summed E-state index contributed by atoms with van der Waals surface area (Å²) in [5.41, 5.74) is 6.31. The van der Waals surface area contributed by atoms with Crippen LogP contribution in [0.4, 0.5) is 8.78 Å². The van der Waals surface area contributed by atoms with E-state index in [1.165, 1.54) is 30.7 Å². The van der Waals surface area contributed by atoms with Crippen LogP contribution < -0.4 is 5.73 Å². The van der Waals surface area contributed by atoms with Gasteiger partial charge in [-0.25, -0.2) is 8.78 Å². The highest BCUT2D eigenvalue weighted by Crippen LogP contribution is 2.24. The molecule has 6 heteroatoms. The third kappa shape index (κ3) is 2.70. The van der Waals surface area contributed by atoms with E-state index in [4.69, 9.17) is 5.73 Å². The Kier molecular flexibility index (Phi) is 3.98. The minimum atomic E-state index is -0.630. The van der Waals surface area contributed by atoms with Gasteiger partial charge in [-0.15, -0.1) is 0 Å². The van der Waals surface area contributed by atoms with Crippen molar-refractivity contribution in [1.29, 1.82) is 0 Å². The zero-order valence-electron chi connectivity index (χ0n) is 9.28. The molecule has 0 bridgehead atoms. The van der Waals surface area contributed by atoms with Crippen LogP contribution >= 0.6 is 15.9 Å². The lowest BCUT2D eigenvalue weighted by Crippen LogP contribution is -2.16. The largest absolute Gasteiger partial charge is 0.322 e. The molecule has 0 spiro atoms. The van der Waals surface area contributed by atoms with E-state index in [-0.39, 0.29) is 16.5 Å². The first-order valence-electron chi connectivity index (χ1n) is 5.23. The number of hydrogen-bond acceptors (Lipinski definition) is 3. The number of nitrogens with zero attached hydrogens (tertiary/aromatic N) is 2. The Hall–Kier alpha value is -1.40. The van der Waals surface area contributed by atoms with Crippen LogP contribution in [0.3, 0.4) is 0 Å². The molecule has 1 aromatic heterocycles. The van der Waals surface area contributed by atoms with Crippen LogP contribution in [0.5, 0.6) is 0 Å². The number of benzene rings is 1. The molecule has 0 saturated heterocycles. The lowest BCUT2D eigenvalue weighted by atomic mass is 10.0. The second-order valence-electron chi connectivity index (χ2n) is 3.76. The fraction of sp³-hybridized carbons (Fsp3) is 0.167. The van der Waals surface area contributed by atoms with Crippen molar-refractivity contribution >= 4 is 15.9 Å². The molecule has 18 heavy (non-hydrogen) atoms. The molecule has 0 aliphatic rings. The Bertz CT molecular complexity index is 549. The molecule has 1 heterocycles. The fourth-order valence-corrected chi connectivity index (χ4v) is 1.95. The summed E-state index contributed by atoms with van der Waals surface area (Å²) in [5.74, 6) is -1.25. The molecule has 1 atom stereocenters. The number of aromatic nitrogens is 2. The van der Waals surface area contributed by atoms with Gasteiger partial charge in [0, 0.05) is 24.2 Å². The van der Waals surface area contributed by atoms with Gasteiger partial charge in [-0.1, -0.05) is 0 Å². The molecule has 0 fully saturated rings. The molecule has 1 unspecified atom stereocenters. The average molecular weight is 314 g/mol. The lowest BCUT2D eigenvalue weighted by molar-refractivity contribution is 0.533. The van der Waals surface area contributed by atoms with Crippen LogP contribution in [0.15, 0.2) is 35.2 Å². The van der Waals surface area contributed by atoms with Gasteiger partial charge in [0.1, 0.15) is 11.6 Å². The second kappa shape index (κ2) is 5.49. The molecule has 0 radical (unpaired) electrons. The maximum absolute atomic E-state index is 13.8. The van der Waals surface area contributed by atoms with E-state index < -0.39 is 17.7 Å². The van der Waals surface area contributed by atoms with E-state index in [0.29, 0.717) is 5.69 Å². The fourth-order valence-electron chi connectivity index (χ4n) is 1.58. The first kappa shape index (κ1) is 13.0. The second-order valence-corrected chi connectivity index (χ2v) is 4.62. The Morgan fingerprint density at radius 1 is 1.28 bits per heavy atom. The maximum Gasteiger partial charge on any atom is 0.143 e. The van der Waals surface area contributed by atoms with Gasteiger partial charge in [0.25, 0.3) is 0 Å². The van der Waals surface area contributed by atoms with Gasteiger partial charge in [-0.2, -0.15) is 0 Å². The van der Waals surface area contributed by atoms with E-state index in [1.54, 1.807) is 0 Å². The summed E-state index contributed by atoms with van der Waals surface area (Å²) in [6.45, 7) is 0. The third-order valence-electron chi connectivity index (χ3n) is 2.53. The molecule has 2 rings (SSSR count). The van der Waals surface area contributed by atoms with Crippen LogP contribution in [0.25, 0.3) is 0 Å². The number of nitrogens with two attached hydrogens (primary N) is 1. The van der Waals surface area contributed by atoms with Gasteiger partial charge in [0.2, 0.25) is 0 Å². The molecular weight excluding hydrogens is 304 g/mol. The summed E-state index contributed by atoms with van der Waals surface area (Å²) in [6.07, 6.45) is 4.51. The van der Waals surface area contributed by atoms with E-state index in [9.17, 15) is 8.78 Å². The Balaban J connectivity index is 2.27. The first-order valence-corrected chi connectivity index (χ1v) is 6.02. The van der Waals surface area contributed by atoms with Crippen molar-refractivity contribution in [3.8, 4) is 0 Å². The Morgan fingerprint density at radius 3 is 2.72 bits per heavy atom. The predicted molar refractivity (Wildman–Crippen MR) is 66.7 cm³/mol. The van der Waals surface area contributed by atoms with Crippen LogP contribution in [-0.4, -0.2) is 9.97 Å². The van der Waals surface area contributed by atoms with Gasteiger partial charge in [-0.05, 0) is 34.5 Å². The summed E-state index contributed by atoms with van der Waals surface area (Å²) in [7, 11) is 0. The minimum Gasteiger partial charge on any atom is -0.322 e. The minimum absolute atomic E-state index is 0.0236. The van der Waals surface area contributed by atoms with Crippen molar-refractivity contribution < 1.29 is 8.78 Å². The zero-order valence-corrected chi connectivity index (χ0v) is 10.9. The Labute approximate surface area is 111 Å². The van der Waals surface area contributed by atoms with Crippen molar-refractivity contribution in [1.82, 2.24) is 9.97 Å². The van der Waals surface area contributed by atoms with Crippen LogP contribution in [0.1, 0.15) is 17.3 Å². The first-order chi connectivity index (χ1) is 8.59. The van der Waals surface area contributed by atoms with Gasteiger partial charge >= 0.3 is 0 Å². The average Bonchev–Trinajstić information content (AvgIpc) is 2.40. The number of halogens is 3. The molecule has 3 nitrogen and oxygen atoms in total. The third-order valence-corrected chi connectivity index (χ3v) is 3.14. The van der Waals surface area contributed by atoms with Gasteiger partial charge < -0.3 is 5.73 Å². The molecule has 0 aliphatic carbocycles. The van der Waals surface area contributed by atoms with E-state index >= 15 is 0 Å². The monoisotopic (exact) mass is 313 g/mol. The SMILES string of the molecule is NC(Cc1c(F)ccc(Br)c1F)c1cnccn1. The summed E-state index contributed by atoms with van der Waals surface area (Å²) in [5, 5.41) is 0. The quantitative estimate of drug-likeness (QED) is 0.886. The van der Waals surface area contributed by atoms with Crippen molar-refractivity contribution in [2.24, 2.45) is 5.73 Å². The van der Waals surface area contributed by atoms with Crippen molar-refractivity contribution in [3.05, 3.63) is 58.1 Å². The molecule has 2 N–H and O–H groups in total. The maximum atomic E-state index is 13.8. The topological polar surface area (TPSA) is 51.8 Å². The van der Waals surface area contributed by atoms with E-state index in [0.717, 1.165) is 0 Å². The molecular formula is C12H10BrF2N3. The number of hydrogen-bond donors (Lipinski definition) is 1. The van der Waals surface area contributed by atoms with Gasteiger partial charge in [-0.3, -0.25) is 9.97 Å². The van der Waals surface area contributed by atoms with Gasteiger partial charge in [0.15, 0.2) is 0 Å². The highest BCUT2D eigenvalue weighted by Gasteiger charge is 2.17. The highest BCUT2D eigenvalue weighted by atomic mass is 79.9. The van der Waals surface area contributed by atoms with Crippen LogP contribution in [0.2, 0.25) is 0 Å². The van der Waals surface area contributed by atoms with Crippen molar-refractivity contribution in [2.75, 3.05) is 0 Å². The highest BCUT2D eigenvalue weighted by molar-refractivity contribution is 9.10. The van der Waals surface area contributed by atoms with E-state index in [2.05, 4.69) is 25.9 Å². The predicted octanol–water partition coefficient (Wildman–Crippen LogP) is 2.76. The molecule has 0 aliphatic heterocycles. The summed E-state index contributed by atoms with van der Waals surface area (Å²) < 4.78 is 27.5. The molecule has 0 amide bonds. The molecule has 2 aromatic rings. The number of rotatable bonds is 3. The van der Waals surface area contributed by atoms with Crippen molar-refractivity contribution in [2.45, 2.75) is 12.5 Å². The van der Waals surface area contributed by atoms with Crippen LogP contribution in [0, 0.1) is 11.6 Å². The normalized spacial score (nSPS) is 12.4. The molecule has 0 saturated carbocycles. The van der Waals surface area contributed by atoms with Crippen LogP contribution in [-0.2, 0) is 6.42 Å². The summed E-state index contributed by atoms with van der Waals surface area (Å²) >= 11 is 3.02. The zero-order chi connectivity index (χ0) is 13.1. The Morgan fingerprint density at radius 2 is 2.06 bits per heavy atom. The molecule has 1 aromatic carbocycles. The molecule has 94 valence electrons. The smallest absolute Gasteiger partial charge is 0.143 e. The van der Waals surface area contributed by atoms with Crippen molar-refractivity contribution in [3.63, 3.8) is 0 Å². The lowest BCUT2D eigenvalue weighted by Gasteiger charge is -2.12. The summed E-state index contributed by atoms with van der Waals surface area (Å²) in [6, 6.07) is 1.92. The van der Waals surface area contributed by atoms with E-state index in [1.807, 2.05) is 0 Å². The summed E-state index contributed by atoms with van der Waals surface area (Å²) in [4.78, 5) is 7.88.